The fraction of sp³-hybridized carbons (Fsp3) is 0.370. The standard InChI is InChI=1S/C27H32N4O5S/c1-4-11-31-26(33)19-9-7-8-10-20(19)29-27(31)37-18-25(32)28-21-16-24(36-6-3)22(17-23(21)35-5-2)30-12-14-34-15-13-30/h4,7-10,16-17H,1,5-6,11-15,18H2,2-3H3,(H,28,32). The van der Waals surface area contributed by atoms with Crippen LogP contribution in [-0.2, 0) is 16.1 Å². The van der Waals surface area contributed by atoms with Gasteiger partial charge in [-0.3, -0.25) is 14.2 Å². The number of fused-ring (bicyclic) bond motifs is 1. The number of amides is 1. The first-order valence-corrected chi connectivity index (χ1v) is 13.3. The lowest BCUT2D eigenvalue weighted by molar-refractivity contribution is -0.113. The molecule has 10 heteroatoms. The summed E-state index contributed by atoms with van der Waals surface area (Å²) in [7, 11) is 0. The van der Waals surface area contributed by atoms with E-state index in [4.69, 9.17) is 14.2 Å². The van der Waals surface area contributed by atoms with Crippen LogP contribution in [0, 0.1) is 0 Å². The van der Waals surface area contributed by atoms with Gasteiger partial charge in [-0.05, 0) is 26.0 Å². The van der Waals surface area contributed by atoms with Crippen LogP contribution in [0.15, 0.2) is 59.0 Å². The molecule has 0 saturated carbocycles. The molecule has 0 radical (unpaired) electrons. The van der Waals surface area contributed by atoms with Gasteiger partial charge in [-0.1, -0.05) is 30.0 Å². The molecule has 1 fully saturated rings. The minimum atomic E-state index is -0.250. The Kier molecular flexibility index (Phi) is 9.08. The zero-order valence-corrected chi connectivity index (χ0v) is 22.0. The minimum absolute atomic E-state index is 0.0582. The molecule has 0 unspecified atom stereocenters. The SMILES string of the molecule is C=CCn1c(SCC(=O)Nc2cc(OCC)c(N3CCOCC3)cc2OCC)nc2ccccc2c1=O. The summed E-state index contributed by atoms with van der Waals surface area (Å²) in [4.78, 5) is 32.8. The molecule has 1 amide bonds. The molecule has 1 N–H and O–H groups in total. The lowest BCUT2D eigenvalue weighted by Crippen LogP contribution is -2.36. The summed E-state index contributed by atoms with van der Waals surface area (Å²) in [5.41, 5.74) is 1.87. The third-order valence-corrected chi connectivity index (χ3v) is 6.73. The van der Waals surface area contributed by atoms with Gasteiger partial charge in [-0.15, -0.1) is 6.58 Å². The second kappa shape index (κ2) is 12.6. The normalized spacial score (nSPS) is 13.4. The highest BCUT2D eigenvalue weighted by atomic mass is 32.2. The number of rotatable bonds is 11. The highest BCUT2D eigenvalue weighted by molar-refractivity contribution is 7.99. The molecule has 1 saturated heterocycles. The highest BCUT2D eigenvalue weighted by Crippen LogP contribution is 2.39. The van der Waals surface area contributed by atoms with E-state index in [-0.39, 0.29) is 17.2 Å². The zero-order valence-electron chi connectivity index (χ0n) is 21.2. The Balaban J connectivity index is 1.57. The Hall–Kier alpha value is -3.50. The van der Waals surface area contributed by atoms with Crippen LogP contribution in [0.2, 0.25) is 0 Å². The van der Waals surface area contributed by atoms with Crippen LogP contribution < -0.4 is 25.2 Å². The van der Waals surface area contributed by atoms with Crippen LogP contribution in [0.5, 0.6) is 11.5 Å². The molecule has 3 aromatic rings. The van der Waals surface area contributed by atoms with Crippen molar-refractivity contribution in [1.82, 2.24) is 9.55 Å². The second-order valence-electron chi connectivity index (χ2n) is 8.23. The van der Waals surface area contributed by atoms with Gasteiger partial charge in [0.25, 0.3) is 5.56 Å². The predicted octanol–water partition coefficient (Wildman–Crippen LogP) is 3.95. The molecule has 1 aromatic heterocycles. The van der Waals surface area contributed by atoms with Gasteiger partial charge < -0.3 is 24.4 Å². The van der Waals surface area contributed by atoms with Gasteiger partial charge in [0.15, 0.2) is 5.16 Å². The summed E-state index contributed by atoms with van der Waals surface area (Å²) in [5.74, 6) is 1.05. The van der Waals surface area contributed by atoms with Crippen LogP contribution in [0.1, 0.15) is 13.8 Å². The van der Waals surface area contributed by atoms with E-state index in [0.29, 0.717) is 66.2 Å². The molecule has 4 rings (SSSR count). The summed E-state index contributed by atoms with van der Waals surface area (Å²) < 4.78 is 18.8. The average molecular weight is 525 g/mol. The molecule has 2 aromatic carbocycles. The molecular weight excluding hydrogens is 492 g/mol. The van der Waals surface area contributed by atoms with E-state index in [0.717, 1.165) is 18.8 Å². The molecule has 196 valence electrons. The summed E-state index contributed by atoms with van der Waals surface area (Å²) in [6.07, 6.45) is 1.64. The van der Waals surface area contributed by atoms with Crippen molar-refractivity contribution >= 4 is 39.9 Å². The maximum atomic E-state index is 13.0. The molecule has 1 aliphatic heterocycles. The number of benzene rings is 2. The summed E-state index contributed by atoms with van der Waals surface area (Å²) in [5, 5.41) is 3.95. The van der Waals surface area contributed by atoms with Gasteiger partial charge in [-0.25, -0.2) is 4.98 Å². The monoisotopic (exact) mass is 524 g/mol. The van der Waals surface area contributed by atoms with E-state index < -0.39 is 0 Å². The summed E-state index contributed by atoms with van der Waals surface area (Å²) >= 11 is 1.20. The summed E-state index contributed by atoms with van der Waals surface area (Å²) in [6, 6.07) is 10.9. The smallest absolute Gasteiger partial charge is 0.262 e. The number of carbonyl (C=O) groups is 1. The highest BCUT2D eigenvalue weighted by Gasteiger charge is 2.21. The first-order chi connectivity index (χ1) is 18.0. The van der Waals surface area contributed by atoms with Crippen molar-refractivity contribution in [1.29, 1.82) is 0 Å². The number of morpholine rings is 1. The maximum absolute atomic E-state index is 13.0. The Morgan fingerprint density at radius 3 is 2.62 bits per heavy atom. The number of nitrogens with one attached hydrogen (secondary N) is 1. The molecule has 0 bridgehead atoms. The number of carbonyl (C=O) groups excluding carboxylic acids is 1. The third-order valence-electron chi connectivity index (χ3n) is 5.76. The number of hydrogen-bond donors (Lipinski definition) is 1. The van der Waals surface area contributed by atoms with E-state index >= 15 is 0 Å². The van der Waals surface area contributed by atoms with Gasteiger partial charge >= 0.3 is 0 Å². The quantitative estimate of drug-likeness (QED) is 0.229. The molecular formula is C27H32N4O5S. The Labute approximate surface area is 220 Å². The Bertz CT molecular complexity index is 1320. The van der Waals surface area contributed by atoms with Crippen molar-refractivity contribution in [3.8, 4) is 11.5 Å². The van der Waals surface area contributed by atoms with E-state index in [9.17, 15) is 9.59 Å². The maximum Gasteiger partial charge on any atom is 0.262 e. The molecule has 37 heavy (non-hydrogen) atoms. The number of aromatic nitrogens is 2. The lowest BCUT2D eigenvalue weighted by Gasteiger charge is -2.31. The van der Waals surface area contributed by atoms with Crippen molar-refractivity contribution in [2.75, 3.05) is 55.5 Å². The van der Waals surface area contributed by atoms with E-state index in [1.807, 2.05) is 32.0 Å². The second-order valence-corrected chi connectivity index (χ2v) is 9.18. The van der Waals surface area contributed by atoms with Gasteiger partial charge in [-0.2, -0.15) is 0 Å². The number of allylic oxidation sites excluding steroid dienone is 1. The zero-order chi connectivity index (χ0) is 26.2. The van der Waals surface area contributed by atoms with Crippen LogP contribution in [0.4, 0.5) is 11.4 Å². The van der Waals surface area contributed by atoms with Crippen LogP contribution in [0.3, 0.4) is 0 Å². The number of nitrogens with zero attached hydrogens (tertiary/aromatic N) is 3. The number of thioether (sulfide) groups is 1. The molecule has 0 spiro atoms. The van der Waals surface area contributed by atoms with Gasteiger partial charge in [0.05, 0.1) is 54.5 Å². The van der Waals surface area contributed by atoms with E-state index in [1.165, 1.54) is 16.3 Å². The van der Waals surface area contributed by atoms with Crippen LogP contribution in [0.25, 0.3) is 10.9 Å². The lowest BCUT2D eigenvalue weighted by atomic mass is 10.2. The molecule has 2 heterocycles. The first kappa shape index (κ1) is 26.6. The molecule has 1 aliphatic rings. The van der Waals surface area contributed by atoms with Crippen molar-refractivity contribution in [2.24, 2.45) is 0 Å². The fourth-order valence-electron chi connectivity index (χ4n) is 4.11. The average Bonchev–Trinajstić information content (AvgIpc) is 2.91. The Morgan fingerprint density at radius 1 is 1.16 bits per heavy atom. The van der Waals surface area contributed by atoms with Gasteiger partial charge in [0, 0.05) is 31.8 Å². The van der Waals surface area contributed by atoms with Crippen molar-refractivity contribution in [2.45, 2.75) is 25.5 Å². The largest absolute Gasteiger partial charge is 0.492 e. The summed E-state index contributed by atoms with van der Waals surface area (Å²) in [6.45, 7) is 11.6. The minimum Gasteiger partial charge on any atom is -0.492 e. The fourth-order valence-corrected chi connectivity index (χ4v) is 4.92. The van der Waals surface area contributed by atoms with E-state index in [1.54, 1.807) is 24.3 Å². The predicted molar refractivity (Wildman–Crippen MR) is 147 cm³/mol. The van der Waals surface area contributed by atoms with Crippen LogP contribution >= 0.6 is 11.8 Å². The van der Waals surface area contributed by atoms with Crippen molar-refractivity contribution < 1.29 is 19.0 Å². The van der Waals surface area contributed by atoms with Gasteiger partial charge in [0.1, 0.15) is 11.5 Å². The molecule has 0 atom stereocenters. The number of para-hydroxylation sites is 1. The van der Waals surface area contributed by atoms with Gasteiger partial charge in [0.2, 0.25) is 5.91 Å². The Morgan fingerprint density at radius 2 is 1.89 bits per heavy atom. The van der Waals surface area contributed by atoms with Crippen molar-refractivity contribution in [3.63, 3.8) is 0 Å². The number of ether oxygens (including phenoxy) is 3. The number of hydrogen-bond acceptors (Lipinski definition) is 8. The molecule has 9 nitrogen and oxygen atoms in total. The topological polar surface area (TPSA) is 94.9 Å². The van der Waals surface area contributed by atoms with E-state index in [2.05, 4.69) is 21.8 Å². The van der Waals surface area contributed by atoms with Crippen LogP contribution in [-0.4, -0.2) is 60.7 Å². The first-order valence-electron chi connectivity index (χ1n) is 12.3. The molecule has 0 aliphatic carbocycles. The third kappa shape index (κ3) is 6.26. The number of anilines is 2. The van der Waals surface area contributed by atoms with Crippen molar-refractivity contribution in [3.05, 3.63) is 59.4 Å².